The van der Waals surface area contributed by atoms with Gasteiger partial charge in [-0.15, -0.1) is 0 Å². The SMILES string of the molecule is COc1c(Cl)cc(C(=O)N2CCN(c3ccc(C(F)(F)F)cn3)CC2)cc1Cl. The fourth-order valence-electron chi connectivity index (χ4n) is 2.94. The van der Waals surface area contributed by atoms with Gasteiger partial charge in [-0.25, -0.2) is 4.98 Å². The molecule has 1 aromatic carbocycles. The first-order valence-electron chi connectivity index (χ1n) is 8.31. The van der Waals surface area contributed by atoms with Gasteiger partial charge in [-0.3, -0.25) is 4.79 Å². The van der Waals surface area contributed by atoms with E-state index in [9.17, 15) is 18.0 Å². The molecule has 0 bridgehead atoms. The van der Waals surface area contributed by atoms with Crippen LogP contribution in [0.5, 0.6) is 5.75 Å². The number of carbonyl (C=O) groups is 1. The number of hydrogen-bond acceptors (Lipinski definition) is 4. The van der Waals surface area contributed by atoms with Crippen LogP contribution >= 0.6 is 23.2 Å². The van der Waals surface area contributed by atoms with Crippen molar-refractivity contribution in [2.75, 3.05) is 38.2 Å². The van der Waals surface area contributed by atoms with Crippen molar-refractivity contribution in [1.82, 2.24) is 9.88 Å². The summed E-state index contributed by atoms with van der Waals surface area (Å²) in [6.07, 6.45) is -3.61. The number of hydrogen-bond donors (Lipinski definition) is 0. The third kappa shape index (κ3) is 4.28. The van der Waals surface area contributed by atoms with E-state index in [1.165, 1.54) is 25.3 Å². The zero-order valence-electron chi connectivity index (χ0n) is 14.8. The first-order chi connectivity index (χ1) is 13.2. The van der Waals surface area contributed by atoms with E-state index in [1.54, 1.807) is 4.90 Å². The van der Waals surface area contributed by atoms with Crippen LogP contribution in [0.15, 0.2) is 30.5 Å². The zero-order valence-corrected chi connectivity index (χ0v) is 16.3. The van der Waals surface area contributed by atoms with E-state index < -0.39 is 11.7 Å². The molecule has 1 saturated heterocycles. The van der Waals surface area contributed by atoms with Gasteiger partial charge < -0.3 is 14.5 Å². The Hall–Kier alpha value is -2.19. The molecule has 0 aliphatic carbocycles. The van der Waals surface area contributed by atoms with E-state index in [4.69, 9.17) is 27.9 Å². The number of methoxy groups -OCH3 is 1. The maximum Gasteiger partial charge on any atom is 0.417 e. The number of halogens is 5. The van der Waals surface area contributed by atoms with Gasteiger partial charge in [0, 0.05) is 37.9 Å². The van der Waals surface area contributed by atoms with Crippen LogP contribution in [0.1, 0.15) is 15.9 Å². The van der Waals surface area contributed by atoms with E-state index in [2.05, 4.69) is 4.98 Å². The Balaban J connectivity index is 1.66. The van der Waals surface area contributed by atoms with Crippen LogP contribution in [0, 0.1) is 0 Å². The minimum absolute atomic E-state index is 0.230. The molecule has 10 heteroatoms. The van der Waals surface area contributed by atoms with Crippen LogP contribution in [-0.4, -0.2) is 49.1 Å². The van der Waals surface area contributed by atoms with Gasteiger partial charge in [0.15, 0.2) is 5.75 Å². The molecule has 1 aliphatic rings. The molecule has 3 rings (SSSR count). The Morgan fingerprint density at radius 2 is 1.71 bits per heavy atom. The van der Waals surface area contributed by atoms with Crippen LogP contribution in [0.25, 0.3) is 0 Å². The number of ether oxygens (including phenoxy) is 1. The summed E-state index contributed by atoms with van der Waals surface area (Å²) in [4.78, 5) is 20.1. The lowest BCUT2D eigenvalue weighted by Gasteiger charge is -2.35. The Labute approximate surface area is 169 Å². The topological polar surface area (TPSA) is 45.7 Å². The lowest BCUT2D eigenvalue weighted by molar-refractivity contribution is -0.137. The highest BCUT2D eigenvalue weighted by Crippen LogP contribution is 2.34. The van der Waals surface area contributed by atoms with Gasteiger partial charge in [-0.1, -0.05) is 23.2 Å². The smallest absolute Gasteiger partial charge is 0.417 e. The first-order valence-corrected chi connectivity index (χ1v) is 9.07. The second-order valence-electron chi connectivity index (χ2n) is 6.16. The predicted octanol–water partition coefficient (Wildman–Crippen LogP) is 4.38. The summed E-state index contributed by atoms with van der Waals surface area (Å²) in [6.45, 7) is 1.68. The fourth-order valence-corrected chi connectivity index (χ4v) is 3.58. The summed E-state index contributed by atoms with van der Waals surface area (Å²) in [5.74, 6) is 0.514. The van der Waals surface area contributed by atoms with E-state index >= 15 is 0 Å². The number of aromatic nitrogens is 1. The lowest BCUT2D eigenvalue weighted by Crippen LogP contribution is -2.49. The van der Waals surface area contributed by atoms with Crippen molar-refractivity contribution in [3.8, 4) is 5.75 Å². The Bertz CT molecular complexity index is 844. The number of anilines is 1. The molecule has 0 spiro atoms. The van der Waals surface area contributed by atoms with Crippen molar-refractivity contribution in [2.45, 2.75) is 6.18 Å². The van der Waals surface area contributed by atoms with Crippen LogP contribution in [0.2, 0.25) is 10.0 Å². The number of carbonyl (C=O) groups excluding carboxylic acids is 1. The average Bonchev–Trinajstić information content (AvgIpc) is 2.67. The summed E-state index contributed by atoms with van der Waals surface area (Å²) in [6, 6.07) is 5.33. The summed E-state index contributed by atoms with van der Waals surface area (Å²) in [5.41, 5.74) is -0.449. The lowest BCUT2D eigenvalue weighted by atomic mass is 10.1. The predicted molar refractivity (Wildman–Crippen MR) is 100 cm³/mol. The Morgan fingerprint density at radius 1 is 1.11 bits per heavy atom. The summed E-state index contributed by atoms with van der Waals surface area (Å²) in [5, 5.41) is 0.483. The van der Waals surface area contributed by atoms with Gasteiger partial charge in [0.05, 0.1) is 22.7 Å². The molecule has 0 atom stereocenters. The van der Waals surface area contributed by atoms with Crippen molar-refractivity contribution in [3.05, 3.63) is 51.6 Å². The molecule has 28 heavy (non-hydrogen) atoms. The molecular weight excluding hydrogens is 418 g/mol. The number of benzene rings is 1. The highest BCUT2D eigenvalue weighted by molar-refractivity contribution is 6.37. The van der Waals surface area contributed by atoms with Crippen LogP contribution in [0.3, 0.4) is 0 Å². The molecule has 1 amide bonds. The second-order valence-corrected chi connectivity index (χ2v) is 6.97. The van der Waals surface area contributed by atoms with Crippen molar-refractivity contribution in [1.29, 1.82) is 0 Å². The number of alkyl halides is 3. The molecule has 2 heterocycles. The standard InChI is InChI=1S/C18H16Cl2F3N3O2/c1-28-16-13(19)8-11(9-14(16)20)17(27)26-6-4-25(5-7-26)15-3-2-12(10-24-15)18(21,22)23/h2-3,8-10H,4-7H2,1H3. The van der Waals surface area contributed by atoms with Gasteiger partial charge in [0.2, 0.25) is 0 Å². The highest BCUT2D eigenvalue weighted by Gasteiger charge is 2.31. The number of pyridine rings is 1. The van der Waals surface area contributed by atoms with Gasteiger partial charge in [0.25, 0.3) is 5.91 Å². The molecule has 5 nitrogen and oxygen atoms in total. The highest BCUT2D eigenvalue weighted by atomic mass is 35.5. The maximum absolute atomic E-state index is 12.7. The van der Waals surface area contributed by atoms with E-state index in [-0.39, 0.29) is 16.0 Å². The molecule has 2 aromatic rings. The molecule has 0 saturated carbocycles. The third-order valence-corrected chi connectivity index (χ3v) is 4.98. The molecule has 1 fully saturated rings. The largest absolute Gasteiger partial charge is 0.494 e. The molecular formula is C18H16Cl2F3N3O2. The van der Waals surface area contributed by atoms with Crippen LogP contribution in [-0.2, 0) is 6.18 Å². The summed E-state index contributed by atoms with van der Waals surface area (Å²) >= 11 is 12.2. The fraction of sp³-hybridized carbons (Fsp3) is 0.333. The molecule has 0 N–H and O–H groups in total. The monoisotopic (exact) mass is 433 g/mol. The summed E-state index contributed by atoms with van der Waals surface area (Å²) in [7, 11) is 1.43. The Kier molecular flexibility index (Phi) is 5.90. The van der Waals surface area contributed by atoms with Gasteiger partial charge >= 0.3 is 6.18 Å². The van der Waals surface area contributed by atoms with E-state index in [0.29, 0.717) is 43.3 Å². The number of piperazine rings is 1. The van der Waals surface area contributed by atoms with Crippen molar-refractivity contribution in [2.24, 2.45) is 0 Å². The van der Waals surface area contributed by atoms with E-state index in [0.717, 1.165) is 12.3 Å². The molecule has 1 aliphatic heterocycles. The molecule has 0 unspecified atom stereocenters. The maximum atomic E-state index is 12.7. The quantitative estimate of drug-likeness (QED) is 0.720. The second kappa shape index (κ2) is 8.05. The van der Waals surface area contributed by atoms with Crippen molar-refractivity contribution < 1.29 is 22.7 Å². The average molecular weight is 434 g/mol. The minimum atomic E-state index is -4.42. The van der Waals surface area contributed by atoms with Crippen LogP contribution in [0.4, 0.5) is 19.0 Å². The third-order valence-electron chi connectivity index (χ3n) is 4.42. The summed E-state index contributed by atoms with van der Waals surface area (Å²) < 4.78 is 43.0. The zero-order chi connectivity index (χ0) is 20.5. The van der Waals surface area contributed by atoms with E-state index in [1.807, 2.05) is 4.90 Å². The van der Waals surface area contributed by atoms with Crippen molar-refractivity contribution >= 4 is 34.9 Å². The molecule has 150 valence electrons. The minimum Gasteiger partial charge on any atom is -0.494 e. The van der Waals surface area contributed by atoms with Gasteiger partial charge in [-0.2, -0.15) is 13.2 Å². The number of nitrogens with zero attached hydrogens (tertiary/aromatic N) is 3. The van der Waals surface area contributed by atoms with Crippen LogP contribution < -0.4 is 9.64 Å². The van der Waals surface area contributed by atoms with Gasteiger partial charge in [-0.05, 0) is 24.3 Å². The van der Waals surface area contributed by atoms with Crippen molar-refractivity contribution in [3.63, 3.8) is 0 Å². The number of rotatable bonds is 3. The normalized spacial score (nSPS) is 14.9. The molecule has 1 aromatic heterocycles. The molecule has 0 radical (unpaired) electrons. The Morgan fingerprint density at radius 3 is 2.18 bits per heavy atom. The number of amides is 1. The first kappa shape index (κ1) is 20.5. The van der Waals surface area contributed by atoms with Gasteiger partial charge in [0.1, 0.15) is 5.82 Å².